The van der Waals surface area contributed by atoms with E-state index in [1.165, 1.54) is 6.92 Å². The summed E-state index contributed by atoms with van der Waals surface area (Å²) >= 11 is 11.7. The van der Waals surface area contributed by atoms with Crippen molar-refractivity contribution in [2.45, 2.75) is 50.7 Å². The van der Waals surface area contributed by atoms with Crippen LogP contribution in [0, 0.1) is 17.8 Å². The summed E-state index contributed by atoms with van der Waals surface area (Å²) in [6.07, 6.45) is 0.774. The van der Waals surface area contributed by atoms with Crippen molar-refractivity contribution < 1.29 is 23.9 Å². The fraction of sp³-hybridized carbons (Fsp3) is 0.611. The number of carbonyl (C=O) groups is 3. The van der Waals surface area contributed by atoms with Gasteiger partial charge in [-0.2, -0.15) is 0 Å². The Morgan fingerprint density at radius 3 is 2.56 bits per heavy atom. The molecule has 136 valence electrons. The Morgan fingerprint density at radius 1 is 1.32 bits per heavy atom. The molecule has 7 heteroatoms. The summed E-state index contributed by atoms with van der Waals surface area (Å²) in [4.78, 5) is 36.8. The summed E-state index contributed by atoms with van der Waals surface area (Å²) in [5.41, 5.74) is 2.35. The SMILES string of the molecule is CC1=CC(=O)C2=C(C)C[C@@H](OC(=O)C(C)(Cl)Cl)[C@@H]3[C@@H](OC(=O)[C@@H]3C)[C@@H]12. The molecule has 1 fully saturated rings. The lowest BCUT2D eigenvalue weighted by atomic mass is 9.79. The molecular weight excluding hydrogens is 367 g/mol. The average Bonchev–Trinajstić information content (AvgIpc) is 2.89. The quantitative estimate of drug-likeness (QED) is 0.538. The number of esters is 2. The molecule has 0 saturated carbocycles. The van der Waals surface area contributed by atoms with Crippen LogP contribution in [0.1, 0.15) is 34.1 Å². The maximum atomic E-state index is 12.4. The lowest BCUT2D eigenvalue weighted by Crippen LogP contribution is -2.40. The summed E-state index contributed by atoms with van der Waals surface area (Å²) in [7, 11) is 0. The second-order valence-electron chi connectivity index (χ2n) is 7.23. The van der Waals surface area contributed by atoms with Gasteiger partial charge in [0, 0.05) is 23.8 Å². The van der Waals surface area contributed by atoms with Gasteiger partial charge in [0.2, 0.25) is 4.33 Å². The minimum absolute atomic E-state index is 0.0687. The first-order valence-corrected chi connectivity index (χ1v) is 8.99. The molecule has 5 nitrogen and oxygen atoms in total. The van der Waals surface area contributed by atoms with Crippen molar-refractivity contribution in [3.05, 3.63) is 22.8 Å². The monoisotopic (exact) mass is 386 g/mol. The fourth-order valence-electron chi connectivity index (χ4n) is 4.15. The van der Waals surface area contributed by atoms with Gasteiger partial charge in [0.15, 0.2) is 5.78 Å². The van der Waals surface area contributed by atoms with Crippen molar-refractivity contribution in [2.75, 3.05) is 0 Å². The number of allylic oxidation sites excluding steroid dienone is 1. The Morgan fingerprint density at radius 2 is 1.96 bits per heavy atom. The van der Waals surface area contributed by atoms with E-state index in [2.05, 4.69) is 0 Å². The van der Waals surface area contributed by atoms with Crippen LogP contribution in [0.2, 0.25) is 0 Å². The molecule has 5 atom stereocenters. The van der Waals surface area contributed by atoms with Gasteiger partial charge in [-0.05, 0) is 26.8 Å². The summed E-state index contributed by atoms with van der Waals surface area (Å²) in [5, 5.41) is 0. The minimum atomic E-state index is -1.68. The Bertz CT molecular complexity index is 715. The number of hydrogen-bond acceptors (Lipinski definition) is 5. The molecule has 3 rings (SSSR count). The van der Waals surface area contributed by atoms with Crippen LogP contribution < -0.4 is 0 Å². The lowest BCUT2D eigenvalue weighted by molar-refractivity contribution is -0.154. The molecule has 2 aliphatic carbocycles. The van der Waals surface area contributed by atoms with E-state index in [4.69, 9.17) is 32.7 Å². The van der Waals surface area contributed by atoms with Gasteiger partial charge in [-0.3, -0.25) is 9.59 Å². The van der Waals surface area contributed by atoms with E-state index in [1.54, 1.807) is 13.0 Å². The molecule has 0 amide bonds. The van der Waals surface area contributed by atoms with Gasteiger partial charge in [0.1, 0.15) is 12.2 Å². The van der Waals surface area contributed by atoms with Gasteiger partial charge < -0.3 is 9.47 Å². The molecule has 0 bridgehead atoms. The van der Waals surface area contributed by atoms with Gasteiger partial charge in [-0.1, -0.05) is 41.3 Å². The third-order valence-corrected chi connectivity index (χ3v) is 5.66. The van der Waals surface area contributed by atoms with Crippen molar-refractivity contribution in [3.8, 4) is 0 Å². The molecule has 1 saturated heterocycles. The summed E-state index contributed by atoms with van der Waals surface area (Å²) in [6.45, 7) is 6.80. The van der Waals surface area contributed by atoms with Crippen LogP contribution in [0.15, 0.2) is 22.8 Å². The highest BCUT2D eigenvalue weighted by molar-refractivity contribution is 6.57. The lowest BCUT2D eigenvalue weighted by Gasteiger charge is -2.30. The highest BCUT2D eigenvalue weighted by Gasteiger charge is 2.55. The molecule has 0 aromatic heterocycles. The van der Waals surface area contributed by atoms with Crippen molar-refractivity contribution in [3.63, 3.8) is 0 Å². The predicted molar refractivity (Wildman–Crippen MR) is 92.1 cm³/mol. The van der Waals surface area contributed by atoms with Crippen LogP contribution in [0.4, 0.5) is 0 Å². The first-order valence-electron chi connectivity index (χ1n) is 8.24. The number of rotatable bonds is 2. The zero-order valence-corrected chi connectivity index (χ0v) is 16.0. The van der Waals surface area contributed by atoms with E-state index in [0.29, 0.717) is 12.0 Å². The van der Waals surface area contributed by atoms with Gasteiger partial charge in [0.05, 0.1) is 5.92 Å². The Hall–Kier alpha value is -1.33. The first kappa shape index (κ1) is 18.5. The normalized spacial score (nSPS) is 35.0. The van der Waals surface area contributed by atoms with Crippen LogP contribution in [-0.2, 0) is 23.9 Å². The van der Waals surface area contributed by atoms with Crippen molar-refractivity contribution in [1.82, 2.24) is 0 Å². The van der Waals surface area contributed by atoms with Crippen LogP contribution in [-0.4, -0.2) is 34.3 Å². The number of ether oxygens (including phenoxy) is 2. The van der Waals surface area contributed by atoms with Crippen LogP contribution in [0.5, 0.6) is 0 Å². The Kier molecular flexibility index (Phi) is 4.53. The molecule has 3 aliphatic rings. The number of fused-ring (bicyclic) bond motifs is 3. The number of hydrogen-bond donors (Lipinski definition) is 0. The third kappa shape index (κ3) is 3.02. The highest BCUT2D eigenvalue weighted by Crippen LogP contribution is 2.48. The number of alkyl halides is 2. The van der Waals surface area contributed by atoms with E-state index in [-0.39, 0.29) is 23.6 Å². The number of halogens is 2. The molecule has 0 unspecified atom stereocenters. The molecule has 25 heavy (non-hydrogen) atoms. The molecule has 1 heterocycles. The molecule has 0 N–H and O–H groups in total. The third-order valence-electron chi connectivity index (χ3n) is 5.35. The van der Waals surface area contributed by atoms with Crippen molar-refractivity contribution in [1.29, 1.82) is 0 Å². The topological polar surface area (TPSA) is 69.7 Å². The second-order valence-corrected chi connectivity index (χ2v) is 8.93. The zero-order valence-electron chi connectivity index (χ0n) is 14.5. The van der Waals surface area contributed by atoms with Gasteiger partial charge >= 0.3 is 11.9 Å². The second kappa shape index (κ2) is 6.13. The van der Waals surface area contributed by atoms with Crippen LogP contribution in [0.25, 0.3) is 0 Å². The fourth-order valence-corrected chi connectivity index (χ4v) is 4.24. The van der Waals surface area contributed by atoms with Crippen molar-refractivity contribution in [2.24, 2.45) is 17.8 Å². The summed E-state index contributed by atoms with van der Waals surface area (Å²) < 4.78 is 9.50. The average molecular weight is 387 g/mol. The van der Waals surface area contributed by atoms with E-state index >= 15 is 0 Å². The minimum Gasteiger partial charge on any atom is -0.461 e. The smallest absolute Gasteiger partial charge is 0.342 e. The molecule has 0 radical (unpaired) electrons. The maximum absolute atomic E-state index is 12.4. The summed E-state index contributed by atoms with van der Waals surface area (Å²) in [6, 6.07) is 0. The molecule has 1 aliphatic heterocycles. The van der Waals surface area contributed by atoms with Gasteiger partial charge in [-0.25, -0.2) is 4.79 Å². The van der Waals surface area contributed by atoms with E-state index in [9.17, 15) is 14.4 Å². The van der Waals surface area contributed by atoms with Gasteiger partial charge in [-0.15, -0.1) is 0 Å². The van der Waals surface area contributed by atoms with Crippen molar-refractivity contribution >= 4 is 40.9 Å². The van der Waals surface area contributed by atoms with Gasteiger partial charge in [0.25, 0.3) is 0 Å². The Balaban J connectivity index is 2.03. The number of carbonyl (C=O) groups excluding carboxylic acids is 3. The highest BCUT2D eigenvalue weighted by atomic mass is 35.5. The molecule has 0 aromatic carbocycles. The van der Waals surface area contributed by atoms with E-state index < -0.39 is 28.4 Å². The zero-order chi connectivity index (χ0) is 18.7. The van der Waals surface area contributed by atoms with Crippen LogP contribution >= 0.6 is 23.2 Å². The standard InChI is InChI=1S/C18H20Cl2O5/c1-7-5-10(21)12-8(2)6-11(24-17(23)18(4,19)20)14-9(3)16(22)25-15(14)13(7)12/h5,9,11,13-15H,6H2,1-4H3/t9-,11-,13+,14-,15+/m1/s1. The predicted octanol–water partition coefficient (Wildman–Crippen LogP) is 3.14. The maximum Gasteiger partial charge on any atom is 0.342 e. The molecule has 0 spiro atoms. The molecule has 0 aromatic rings. The largest absolute Gasteiger partial charge is 0.461 e. The first-order chi connectivity index (χ1) is 11.5. The van der Waals surface area contributed by atoms with Crippen LogP contribution in [0.3, 0.4) is 0 Å². The summed E-state index contributed by atoms with van der Waals surface area (Å²) in [5.74, 6) is -2.28. The van der Waals surface area contributed by atoms with E-state index in [1.807, 2.05) is 13.8 Å². The molecular formula is C18H20Cl2O5. The number of ketones is 1. The van der Waals surface area contributed by atoms with E-state index in [0.717, 1.165) is 11.1 Å². The Labute approximate surface area is 156 Å².